The first-order chi connectivity index (χ1) is 7.83. The molecular weight excluding hydrogens is 200 g/mol. The molecule has 1 aliphatic carbocycles. The standard InChI is InChI=1S/C12H20N4/c1-3-16(9-10-5-4-6-10)12-8-14-7-11(13-2)15-12/h7-8,10H,3-6,9H2,1-2H3,(H,13,15). The number of aromatic nitrogens is 2. The van der Waals surface area contributed by atoms with Gasteiger partial charge in [0.1, 0.15) is 11.6 Å². The van der Waals surface area contributed by atoms with Gasteiger partial charge < -0.3 is 10.2 Å². The normalized spacial score (nSPS) is 15.6. The molecule has 16 heavy (non-hydrogen) atoms. The molecule has 1 heterocycles. The van der Waals surface area contributed by atoms with Crippen molar-refractivity contribution < 1.29 is 0 Å². The third-order valence-electron chi connectivity index (χ3n) is 3.29. The number of anilines is 2. The smallest absolute Gasteiger partial charge is 0.149 e. The maximum Gasteiger partial charge on any atom is 0.149 e. The van der Waals surface area contributed by atoms with Crippen molar-refractivity contribution in [3.63, 3.8) is 0 Å². The second-order valence-corrected chi connectivity index (χ2v) is 4.35. The molecule has 1 N–H and O–H groups in total. The van der Waals surface area contributed by atoms with Gasteiger partial charge in [0.15, 0.2) is 0 Å². The first-order valence-corrected chi connectivity index (χ1v) is 6.08. The minimum absolute atomic E-state index is 0.838. The molecule has 4 nitrogen and oxygen atoms in total. The largest absolute Gasteiger partial charge is 0.372 e. The van der Waals surface area contributed by atoms with Crippen LogP contribution in [0.15, 0.2) is 12.4 Å². The summed E-state index contributed by atoms with van der Waals surface area (Å²) in [6, 6.07) is 0. The summed E-state index contributed by atoms with van der Waals surface area (Å²) in [6.45, 7) is 4.29. The minimum atomic E-state index is 0.838. The summed E-state index contributed by atoms with van der Waals surface area (Å²) in [6.07, 6.45) is 7.74. The summed E-state index contributed by atoms with van der Waals surface area (Å²) >= 11 is 0. The van der Waals surface area contributed by atoms with Gasteiger partial charge in [-0.05, 0) is 25.7 Å². The van der Waals surface area contributed by atoms with Crippen molar-refractivity contribution in [2.24, 2.45) is 5.92 Å². The van der Waals surface area contributed by atoms with Gasteiger partial charge in [0, 0.05) is 20.1 Å². The van der Waals surface area contributed by atoms with E-state index >= 15 is 0 Å². The third-order valence-corrected chi connectivity index (χ3v) is 3.29. The monoisotopic (exact) mass is 220 g/mol. The highest BCUT2D eigenvalue weighted by Crippen LogP contribution is 2.28. The van der Waals surface area contributed by atoms with E-state index in [-0.39, 0.29) is 0 Å². The summed E-state index contributed by atoms with van der Waals surface area (Å²) in [4.78, 5) is 11.1. The van der Waals surface area contributed by atoms with Crippen molar-refractivity contribution in [1.82, 2.24) is 9.97 Å². The average Bonchev–Trinajstić information content (AvgIpc) is 2.28. The summed E-state index contributed by atoms with van der Waals surface area (Å²) < 4.78 is 0. The molecule has 88 valence electrons. The summed E-state index contributed by atoms with van der Waals surface area (Å²) in [5.74, 6) is 2.69. The molecule has 1 aliphatic rings. The van der Waals surface area contributed by atoms with Crippen molar-refractivity contribution in [3.8, 4) is 0 Å². The first-order valence-electron chi connectivity index (χ1n) is 6.08. The molecule has 0 aromatic carbocycles. The fourth-order valence-corrected chi connectivity index (χ4v) is 2.00. The lowest BCUT2D eigenvalue weighted by Crippen LogP contribution is -2.33. The van der Waals surface area contributed by atoms with Crippen molar-refractivity contribution in [3.05, 3.63) is 12.4 Å². The molecule has 4 heteroatoms. The predicted molar refractivity (Wildman–Crippen MR) is 66.8 cm³/mol. The zero-order valence-corrected chi connectivity index (χ0v) is 10.1. The molecule has 0 amide bonds. The molecule has 0 atom stereocenters. The van der Waals surface area contributed by atoms with E-state index in [0.29, 0.717) is 0 Å². The predicted octanol–water partition coefficient (Wildman–Crippen LogP) is 2.14. The summed E-state index contributed by atoms with van der Waals surface area (Å²) in [5.41, 5.74) is 0. The molecule has 1 saturated carbocycles. The zero-order valence-electron chi connectivity index (χ0n) is 10.1. The van der Waals surface area contributed by atoms with E-state index in [1.165, 1.54) is 19.3 Å². The van der Waals surface area contributed by atoms with E-state index in [4.69, 9.17) is 0 Å². The van der Waals surface area contributed by atoms with Gasteiger partial charge in [0.25, 0.3) is 0 Å². The van der Waals surface area contributed by atoms with Crippen LogP contribution in [0.5, 0.6) is 0 Å². The maximum atomic E-state index is 4.53. The molecule has 0 spiro atoms. The van der Waals surface area contributed by atoms with Gasteiger partial charge >= 0.3 is 0 Å². The Labute approximate surface area is 97.1 Å². The molecule has 1 fully saturated rings. The quantitative estimate of drug-likeness (QED) is 0.825. The molecule has 1 aromatic heterocycles. The van der Waals surface area contributed by atoms with Crippen LogP contribution in [-0.2, 0) is 0 Å². The second-order valence-electron chi connectivity index (χ2n) is 4.35. The lowest BCUT2D eigenvalue weighted by Gasteiger charge is -2.32. The second kappa shape index (κ2) is 5.14. The Morgan fingerprint density at radius 2 is 2.25 bits per heavy atom. The van der Waals surface area contributed by atoms with E-state index in [2.05, 4.69) is 27.1 Å². The number of hydrogen-bond acceptors (Lipinski definition) is 4. The average molecular weight is 220 g/mol. The Morgan fingerprint density at radius 3 is 2.81 bits per heavy atom. The Kier molecular flexibility index (Phi) is 3.59. The highest BCUT2D eigenvalue weighted by molar-refractivity contribution is 5.43. The van der Waals surface area contributed by atoms with Crippen LogP contribution in [0.2, 0.25) is 0 Å². The third kappa shape index (κ3) is 2.43. The van der Waals surface area contributed by atoms with Gasteiger partial charge in [-0.1, -0.05) is 6.42 Å². The molecule has 0 saturated heterocycles. The lowest BCUT2D eigenvalue weighted by atomic mass is 9.85. The Hall–Kier alpha value is -1.32. The van der Waals surface area contributed by atoms with Crippen LogP contribution in [0, 0.1) is 5.92 Å². The summed E-state index contributed by atoms with van der Waals surface area (Å²) in [5, 5.41) is 3.03. The lowest BCUT2D eigenvalue weighted by molar-refractivity contribution is 0.318. The van der Waals surface area contributed by atoms with Crippen molar-refractivity contribution in [2.45, 2.75) is 26.2 Å². The Balaban J connectivity index is 2.05. The molecule has 0 bridgehead atoms. The fourth-order valence-electron chi connectivity index (χ4n) is 2.00. The van der Waals surface area contributed by atoms with Gasteiger partial charge in [-0.2, -0.15) is 0 Å². The summed E-state index contributed by atoms with van der Waals surface area (Å²) in [7, 11) is 1.87. The van der Waals surface area contributed by atoms with Crippen LogP contribution in [0.1, 0.15) is 26.2 Å². The van der Waals surface area contributed by atoms with Crippen LogP contribution in [0.25, 0.3) is 0 Å². The Bertz CT molecular complexity index is 336. The van der Waals surface area contributed by atoms with E-state index in [1.807, 2.05) is 13.2 Å². The van der Waals surface area contributed by atoms with Crippen LogP contribution in [0.4, 0.5) is 11.6 Å². The number of nitrogens with zero attached hydrogens (tertiary/aromatic N) is 3. The van der Waals surface area contributed by atoms with Gasteiger partial charge in [0.05, 0.1) is 12.4 Å². The topological polar surface area (TPSA) is 41.1 Å². The number of hydrogen-bond donors (Lipinski definition) is 1. The minimum Gasteiger partial charge on any atom is -0.372 e. The van der Waals surface area contributed by atoms with Crippen molar-refractivity contribution >= 4 is 11.6 Å². The highest BCUT2D eigenvalue weighted by Gasteiger charge is 2.20. The van der Waals surface area contributed by atoms with E-state index in [1.54, 1.807) is 6.20 Å². The van der Waals surface area contributed by atoms with E-state index in [0.717, 1.165) is 30.6 Å². The maximum absolute atomic E-state index is 4.53. The molecule has 0 aliphatic heterocycles. The van der Waals surface area contributed by atoms with Gasteiger partial charge in [0.2, 0.25) is 0 Å². The first kappa shape index (κ1) is 11.2. The number of nitrogens with one attached hydrogen (secondary N) is 1. The Morgan fingerprint density at radius 1 is 1.44 bits per heavy atom. The van der Waals surface area contributed by atoms with Gasteiger partial charge in [-0.25, -0.2) is 4.98 Å². The van der Waals surface area contributed by atoms with Crippen molar-refractivity contribution in [1.29, 1.82) is 0 Å². The molecule has 1 aromatic rings. The van der Waals surface area contributed by atoms with Crippen LogP contribution < -0.4 is 10.2 Å². The molecule has 2 rings (SSSR count). The molecule has 0 unspecified atom stereocenters. The van der Waals surface area contributed by atoms with Crippen molar-refractivity contribution in [2.75, 3.05) is 30.4 Å². The molecule has 0 radical (unpaired) electrons. The van der Waals surface area contributed by atoms with Gasteiger partial charge in [-0.3, -0.25) is 4.98 Å². The van der Waals surface area contributed by atoms with Crippen LogP contribution >= 0.6 is 0 Å². The SMILES string of the molecule is CCN(CC1CCC1)c1cncc(NC)n1. The fraction of sp³-hybridized carbons (Fsp3) is 0.667. The van der Waals surface area contributed by atoms with Crippen LogP contribution in [0.3, 0.4) is 0 Å². The van der Waals surface area contributed by atoms with E-state index in [9.17, 15) is 0 Å². The van der Waals surface area contributed by atoms with Gasteiger partial charge in [-0.15, -0.1) is 0 Å². The van der Waals surface area contributed by atoms with E-state index < -0.39 is 0 Å². The highest BCUT2D eigenvalue weighted by atomic mass is 15.2. The molecular formula is C12H20N4. The van der Waals surface area contributed by atoms with Crippen LogP contribution in [-0.4, -0.2) is 30.1 Å². The number of rotatable bonds is 5. The zero-order chi connectivity index (χ0) is 11.4.